The molecule has 0 amide bonds. The molecule has 2 unspecified atom stereocenters. The molecule has 1 saturated carbocycles. The molecule has 0 heterocycles. The van der Waals surface area contributed by atoms with Crippen molar-refractivity contribution in [2.24, 2.45) is 11.7 Å². The van der Waals surface area contributed by atoms with E-state index in [2.05, 4.69) is 0 Å². The number of nitrogens with two attached hydrogens (primary N) is 1. The molecule has 0 aromatic carbocycles. The zero-order valence-electron chi connectivity index (χ0n) is 3.64. The van der Waals surface area contributed by atoms with Gasteiger partial charge in [-0.2, -0.15) is 0 Å². The number of carbonyl (C=O) groups excluding carboxylic acids is 1. The van der Waals surface area contributed by atoms with Crippen LogP contribution in [0.3, 0.4) is 0 Å². The molecule has 6 heavy (non-hydrogen) atoms. The smallest absolute Gasteiger partial charge is 0.155 e. The second-order valence-corrected chi connectivity index (χ2v) is 1.72. The third-order valence-corrected chi connectivity index (χ3v) is 1.21. The molecule has 2 heteroatoms. The summed E-state index contributed by atoms with van der Waals surface area (Å²) in [5.41, 5.74) is 5.16. The Morgan fingerprint density at radius 1 is 1.83 bits per heavy atom. The van der Waals surface area contributed by atoms with Crippen molar-refractivity contribution >= 4 is 5.78 Å². The fourth-order valence-electron chi connectivity index (χ4n) is 0.389. The van der Waals surface area contributed by atoms with Gasteiger partial charge in [0.15, 0.2) is 5.78 Å². The van der Waals surface area contributed by atoms with Gasteiger partial charge >= 0.3 is 0 Å². The molecule has 1 fully saturated rings. The van der Waals surface area contributed by atoms with E-state index in [0.29, 0.717) is 0 Å². The van der Waals surface area contributed by atoms with Gasteiger partial charge in [0, 0.05) is 5.92 Å². The third kappa shape index (κ3) is 0.271. The van der Waals surface area contributed by atoms with Crippen molar-refractivity contribution in [3.8, 4) is 0 Å². The molecule has 34 valence electrons. The molecule has 2 atom stereocenters. The lowest BCUT2D eigenvalue weighted by Gasteiger charge is -1.64. The lowest BCUT2D eigenvalue weighted by atomic mass is 10.5. The normalized spacial score (nSPS) is 43.3. The minimum Gasteiger partial charge on any atom is -0.321 e. The fraction of sp³-hybridized carbons (Fsp3) is 0.750. The van der Waals surface area contributed by atoms with E-state index in [1.807, 2.05) is 6.92 Å². The first-order valence-corrected chi connectivity index (χ1v) is 2.03. The molecule has 0 aromatic heterocycles. The maximum Gasteiger partial charge on any atom is 0.155 e. The van der Waals surface area contributed by atoms with E-state index in [4.69, 9.17) is 5.73 Å². The quantitative estimate of drug-likeness (QED) is 0.432. The maximum atomic E-state index is 10.1. The maximum absolute atomic E-state index is 10.1. The minimum absolute atomic E-state index is 0.120. The van der Waals surface area contributed by atoms with Crippen molar-refractivity contribution in [1.82, 2.24) is 0 Å². The summed E-state index contributed by atoms with van der Waals surface area (Å²) in [6, 6.07) is -0.120. The van der Waals surface area contributed by atoms with Crippen molar-refractivity contribution in [1.29, 1.82) is 0 Å². The Hall–Kier alpha value is -0.370. The fourth-order valence-corrected chi connectivity index (χ4v) is 0.389. The number of carbonyl (C=O) groups is 1. The molecule has 1 aliphatic rings. The van der Waals surface area contributed by atoms with Crippen molar-refractivity contribution < 1.29 is 4.79 Å². The molecule has 1 rings (SSSR count). The van der Waals surface area contributed by atoms with Crippen LogP contribution < -0.4 is 5.73 Å². The van der Waals surface area contributed by atoms with Crippen molar-refractivity contribution in [2.75, 3.05) is 0 Å². The van der Waals surface area contributed by atoms with E-state index >= 15 is 0 Å². The molecule has 0 spiro atoms. The topological polar surface area (TPSA) is 43.1 Å². The van der Waals surface area contributed by atoms with E-state index in [1.54, 1.807) is 0 Å². The van der Waals surface area contributed by atoms with Gasteiger partial charge in [-0.05, 0) is 0 Å². The number of hydrogen-bond acceptors (Lipinski definition) is 2. The van der Waals surface area contributed by atoms with Gasteiger partial charge < -0.3 is 5.73 Å². The van der Waals surface area contributed by atoms with Crippen LogP contribution in [0.25, 0.3) is 0 Å². The van der Waals surface area contributed by atoms with E-state index in [9.17, 15) is 4.79 Å². The first-order valence-electron chi connectivity index (χ1n) is 2.03. The number of hydrogen-bond donors (Lipinski definition) is 1. The lowest BCUT2D eigenvalue weighted by Crippen LogP contribution is -2.01. The van der Waals surface area contributed by atoms with Gasteiger partial charge in [0.05, 0.1) is 6.04 Å². The van der Waals surface area contributed by atoms with Gasteiger partial charge in [-0.25, -0.2) is 0 Å². The van der Waals surface area contributed by atoms with Crippen LogP contribution in [-0.4, -0.2) is 11.8 Å². The van der Waals surface area contributed by atoms with Gasteiger partial charge in [0.1, 0.15) is 0 Å². The molecule has 1 aliphatic carbocycles. The zero-order valence-corrected chi connectivity index (χ0v) is 3.64. The van der Waals surface area contributed by atoms with E-state index in [1.165, 1.54) is 0 Å². The van der Waals surface area contributed by atoms with E-state index in [-0.39, 0.29) is 17.7 Å². The predicted octanol–water partition coefficient (Wildman–Crippen LogP) is -0.467. The molecule has 2 N–H and O–H groups in total. The number of ketones is 1. The second-order valence-electron chi connectivity index (χ2n) is 1.72. The first-order chi connectivity index (χ1) is 2.73. The summed E-state index contributed by atoms with van der Waals surface area (Å²) in [4.78, 5) is 10.1. The summed E-state index contributed by atoms with van der Waals surface area (Å²) in [5, 5.41) is 0. The Kier molecular flexibility index (Phi) is 0.520. The van der Waals surface area contributed by atoms with Gasteiger partial charge in [0.25, 0.3) is 0 Å². The molecule has 0 aliphatic heterocycles. The molecule has 0 aromatic rings. The van der Waals surface area contributed by atoms with Crippen molar-refractivity contribution in [3.63, 3.8) is 0 Å². The molecular formula is C4H7NO. The minimum atomic E-state index is -0.120. The number of Topliss-reactive ketones (excluding diaryl/α,β-unsaturated/α-hetero) is 1. The average Bonchev–Trinajstić information content (AvgIpc) is 1.94. The Labute approximate surface area is 36.3 Å². The van der Waals surface area contributed by atoms with Crippen LogP contribution in [0.1, 0.15) is 6.92 Å². The molecule has 0 saturated heterocycles. The highest BCUT2D eigenvalue weighted by atomic mass is 16.1. The highest BCUT2D eigenvalue weighted by Gasteiger charge is 2.41. The standard InChI is InChI=1S/C4H7NO/c1-2-3(5)4(2)6/h2-3H,5H2,1H3. The molecule has 0 bridgehead atoms. The highest BCUT2D eigenvalue weighted by molar-refractivity contribution is 6.02. The monoisotopic (exact) mass is 85.1 g/mol. The van der Waals surface area contributed by atoms with Gasteiger partial charge in [0.2, 0.25) is 0 Å². The van der Waals surface area contributed by atoms with Crippen LogP contribution in [0.5, 0.6) is 0 Å². The SMILES string of the molecule is CC1C(=O)C1N. The highest BCUT2D eigenvalue weighted by Crippen LogP contribution is 2.20. The second kappa shape index (κ2) is 0.819. The van der Waals surface area contributed by atoms with Crippen LogP contribution in [0, 0.1) is 5.92 Å². The predicted molar refractivity (Wildman–Crippen MR) is 22.1 cm³/mol. The summed E-state index contributed by atoms with van der Waals surface area (Å²) >= 11 is 0. The van der Waals surface area contributed by atoms with Crippen LogP contribution in [0.2, 0.25) is 0 Å². The third-order valence-electron chi connectivity index (χ3n) is 1.21. The van der Waals surface area contributed by atoms with Crippen LogP contribution >= 0.6 is 0 Å². The van der Waals surface area contributed by atoms with Crippen molar-refractivity contribution in [3.05, 3.63) is 0 Å². The largest absolute Gasteiger partial charge is 0.321 e. The zero-order chi connectivity index (χ0) is 4.73. The summed E-state index contributed by atoms with van der Waals surface area (Å²) in [5.74, 6) is 0.361. The summed E-state index contributed by atoms with van der Waals surface area (Å²) in [6.45, 7) is 1.84. The van der Waals surface area contributed by atoms with Gasteiger partial charge in [-0.3, -0.25) is 4.79 Å². The van der Waals surface area contributed by atoms with Gasteiger partial charge in [-0.15, -0.1) is 0 Å². The number of rotatable bonds is 0. The van der Waals surface area contributed by atoms with Crippen molar-refractivity contribution in [2.45, 2.75) is 13.0 Å². The average molecular weight is 85.1 g/mol. The Balaban J connectivity index is 2.51. The van der Waals surface area contributed by atoms with E-state index < -0.39 is 0 Å². The molecular weight excluding hydrogens is 78.1 g/mol. The summed E-state index contributed by atoms with van der Waals surface area (Å²) in [7, 11) is 0. The molecule has 0 radical (unpaired) electrons. The first kappa shape index (κ1) is 3.81. The van der Waals surface area contributed by atoms with E-state index in [0.717, 1.165) is 0 Å². The summed E-state index contributed by atoms with van der Waals surface area (Å²) < 4.78 is 0. The lowest BCUT2D eigenvalue weighted by molar-refractivity contribution is -0.111. The summed E-state index contributed by atoms with van der Waals surface area (Å²) in [6.07, 6.45) is 0. The van der Waals surface area contributed by atoms with Gasteiger partial charge in [-0.1, -0.05) is 6.92 Å². The Morgan fingerprint density at radius 3 is 2.00 bits per heavy atom. The molecule has 2 nitrogen and oxygen atoms in total. The Bertz CT molecular complexity index is 79.5. The van der Waals surface area contributed by atoms with Crippen LogP contribution in [-0.2, 0) is 4.79 Å². The van der Waals surface area contributed by atoms with Crippen LogP contribution in [0.4, 0.5) is 0 Å². The Morgan fingerprint density at radius 2 is 2.00 bits per heavy atom. The van der Waals surface area contributed by atoms with Crippen LogP contribution in [0.15, 0.2) is 0 Å².